The van der Waals surface area contributed by atoms with Crippen LogP contribution in [0.5, 0.6) is 6.01 Å². The van der Waals surface area contributed by atoms with Crippen LogP contribution in [0.4, 0.5) is 0 Å². The molecule has 0 radical (unpaired) electrons. The Balaban J connectivity index is 1.67. The summed E-state index contributed by atoms with van der Waals surface area (Å²) in [7, 11) is -1.15. The van der Waals surface area contributed by atoms with Crippen LogP contribution in [0.3, 0.4) is 0 Å². The van der Waals surface area contributed by atoms with Crippen molar-refractivity contribution in [3.8, 4) is 17.3 Å². The fourth-order valence-corrected chi connectivity index (χ4v) is 4.55. The maximum Gasteiger partial charge on any atom is 0.301 e. The number of hydrogen-bond donors (Lipinski definition) is 0. The topological polar surface area (TPSA) is 49.2 Å². The van der Waals surface area contributed by atoms with Gasteiger partial charge in [-0.1, -0.05) is 61.6 Å². The molecular weight excluding hydrogens is 414 g/mol. The monoisotopic (exact) mass is 443 g/mol. The molecule has 1 saturated carbocycles. The highest BCUT2D eigenvalue weighted by atomic mass is 35.5. The molecule has 2 aromatic heterocycles. The number of pyridine rings is 1. The summed E-state index contributed by atoms with van der Waals surface area (Å²) >= 11 is 6.63. The Labute approximate surface area is 184 Å². The lowest BCUT2D eigenvalue weighted by Crippen LogP contribution is -2.40. The Kier molecular flexibility index (Phi) is 5.92. The average Bonchev–Trinajstić information content (AvgIpc) is 2.99. The van der Waals surface area contributed by atoms with Gasteiger partial charge in [0.15, 0.2) is 5.65 Å². The van der Waals surface area contributed by atoms with Gasteiger partial charge in [-0.3, -0.25) is 4.57 Å². The molecule has 0 atom stereocenters. The van der Waals surface area contributed by atoms with Gasteiger partial charge in [0.1, 0.15) is 12.3 Å². The number of halogens is 1. The standard InChI is InChI=1S/C23H30ClN3O2Si/c1-23(11-8-12-23)29-22-26-21-19(27(22)16-28-13-14-30(2,3)4)15-18(24)20(25-21)17-9-6-5-7-10-17/h5-7,9-10,15H,8,11-14,16H2,1-4H3. The molecule has 1 aromatic carbocycles. The van der Waals surface area contributed by atoms with Crippen LogP contribution in [0.1, 0.15) is 26.2 Å². The van der Waals surface area contributed by atoms with Crippen molar-refractivity contribution < 1.29 is 9.47 Å². The zero-order chi connectivity index (χ0) is 21.4. The van der Waals surface area contributed by atoms with Crippen LogP contribution in [-0.4, -0.2) is 34.8 Å². The summed E-state index contributed by atoms with van der Waals surface area (Å²) in [5.74, 6) is 0. The van der Waals surface area contributed by atoms with Crippen molar-refractivity contribution in [3.05, 3.63) is 41.4 Å². The molecule has 0 unspecified atom stereocenters. The predicted octanol–water partition coefficient (Wildman–Crippen LogP) is 6.39. The average molecular weight is 444 g/mol. The van der Waals surface area contributed by atoms with Crippen molar-refractivity contribution in [2.45, 2.75) is 64.2 Å². The molecule has 1 aliphatic carbocycles. The van der Waals surface area contributed by atoms with Crippen molar-refractivity contribution in [2.75, 3.05) is 6.61 Å². The van der Waals surface area contributed by atoms with E-state index in [1.54, 1.807) is 0 Å². The molecule has 5 nitrogen and oxygen atoms in total. The van der Waals surface area contributed by atoms with E-state index < -0.39 is 8.07 Å². The summed E-state index contributed by atoms with van der Waals surface area (Å²) in [4.78, 5) is 9.51. The first-order valence-electron chi connectivity index (χ1n) is 10.6. The highest BCUT2D eigenvalue weighted by molar-refractivity contribution is 6.76. The van der Waals surface area contributed by atoms with E-state index in [1.807, 2.05) is 41.0 Å². The summed E-state index contributed by atoms with van der Waals surface area (Å²) in [5, 5.41) is 0.596. The summed E-state index contributed by atoms with van der Waals surface area (Å²) in [6, 6.07) is 13.6. The van der Waals surface area contributed by atoms with Gasteiger partial charge in [0, 0.05) is 20.2 Å². The maximum absolute atomic E-state index is 6.63. The summed E-state index contributed by atoms with van der Waals surface area (Å²) in [6.07, 6.45) is 3.26. The molecule has 30 heavy (non-hydrogen) atoms. The van der Waals surface area contributed by atoms with Gasteiger partial charge in [0.05, 0.1) is 16.2 Å². The molecule has 7 heteroatoms. The van der Waals surface area contributed by atoms with Gasteiger partial charge in [-0.15, -0.1) is 0 Å². The largest absolute Gasteiger partial charge is 0.458 e. The van der Waals surface area contributed by atoms with E-state index >= 15 is 0 Å². The molecule has 0 amide bonds. The number of aromatic nitrogens is 3. The molecule has 4 rings (SSSR count). The minimum Gasteiger partial charge on any atom is -0.458 e. The Morgan fingerprint density at radius 1 is 1.13 bits per heavy atom. The molecular formula is C23H30ClN3O2Si. The van der Waals surface area contributed by atoms with Gasteiger partial charge in [0.2, 0.25) is 0 Å². The molecule has 0 saturated heterocycles. The highest BCUT2D eigenvalue weighted by Gasteiger charge is 2.36. The van der Waals surface area contributed by atoms with E-state index in [9.17, 15) is 0 Å². The van der Waals surface area contributed by atoms with Crippen LogP contribution in [0.25, 0.3) is 22.4 Å². The van der Waals surface area contributed by atoms with E-state index in [0.717, 1.165) is 42.3 Å². The lowest BCUT2D eigenvalue weighted by molar-refractivity contribution is -0.00801. The van der Waals surface area contributed by atoms with E-state index in [4.69, 9.17) is 31.0 Å². The first-order valence-corrected chi connectivity index (χ1v) is 14.7. The van der Waals surface area contributed by atoms with E-state index in [1.165, 1.54) is 6.42 Å². The number of ether oxygens (including phenoxy) is 2. The van der Waals surface area contributed by atoms with Gasteiger partial charge in [-0.05, 0) is 38.3 Å². The lowest BCUT2D eigenvalue weighted by Gasteiger charge is -2.37. The third kappa shape index (κ3) is 4.71. The summed E-state index contributed by atoms with van der Waals surface area (Å²) in [6.45, 7) is 10.3. The molecule has 0 N–H and O–H groups in total. The van der Waals surface area contributed by atoms with Crippen molar-refractivity contribution in [1.82, 2.24) is 14.5 Å². The van der Waals surface area contributed by atoms with Crippen molar-refractivity contribution in [2.24, 2.45) is 0 Å². The minimum atomic E-state index is -1.15. The zero-order valence-corrected chi connectivity index (χ0v) is 20.0. The Hall–Kier alpha value is -1.89. The summed E-state index contributed by atoms with van der Waals surface area (Å²) < 4.78 is 14.3. The van der Waals surface area contributed by atoms with Crippen molar-refractivity contribution in [1.29, 1.82) is 0 Å². The molecule has 160 valence electrons. The molecule has 1 fully saturated rings. The third-order valence-electron chi connectivity index (χ3n) is 5.67. The quantitative estimate of drug-likeness (QED) is 0.299. The van der Waals surface area contributed by atoms with Crippen molar-refractivity contribution >= 4 is 30.8 Å². The van der Waals surface area contributed by atoms with Crippen LogP contribution >= 0.6 is 11.6 Å². The van der Waals surface area contributed by atoms with Crippen LogP contribution in [0.15, 0.2) is 36.4 Å². The van der Waals surface area contributed by atoms with Gasteiger partial charge < -0.3 is 9.47 Å². The Bertz CT molecular complexity index is 1030. The van der Waals surface area contributed by atoms with Gasteiger partial charge in [-0.25, -0.2) is 4.98 Å². The number of imidazole rings is 1. The molecule has 0 bridgehead atoms. The number of fused-ring (bicyclic) bond motifs is 1. The van der Waals surface area contributed by atoms with Crippen molar-refractivity contribution in [3.63, 3.8) is 0 Å². The van der Waals surface area contributed by atoms with Crippen LogP contribution in [0, 0.1) is 0 Å². The van der Waals surface area contributed by atoms with E-state index in [-0.39, 0.29) is 5.60 Å². The first-order chi connectivity index (χ1) is 14.2. The van der Waals surface area contributed by atoms with E-state index in [0.29, 0.717) is 23.4 Å². The second-order valence-electron chi connectivity index (χ2n) is 9.60. The number of nitrogens with zero attached hydrogens (tertiary/aromatic N) is 3. The molecule has 0 spiro atoms. The van der Waals surface area contributed by atoms with E-state index in [2.05, 4.69) is 26.6 Å². The summed E-state index contributed by atoms with van der Waals surface area (Å²) in [5.41, 5.74) is 3.01. The molecule has 0 aliphatic heterocycles. The number of rotatable bonds is 8. The minimum absolute atomic E-state index is 0.163. The molecule has 2 heterocycles. The molecule has 1 aliphatic rings. The Morgan fingerprint density at radius 2 is 1.87 bits per heavy atom. The normalized spacial score (nSPS) is 15.9. The predicted molar refractivity (Wildman–Crippen MR) is 125 cm³/mol. The van der Waals surface area contributed by atoms with Gasteiger partial charge in [-0.2, -0.15) is 4.98 Å². The SMILES string of the molecule is CC1(Oc2nc3nc(-c4ccccc4)c(Cl)cc3n2COCC[Si](C)(C)C)CCC1. The second-order valence-corrected chi connectivity index (χ2v) is 15.6. The number of hydrogen-bond acceptors (Lipinski definition) is 4. The zero-order valence-electron chi connectivity index (χ0n) is 18.2. The third-order valence-corrected chi connectivity index (χ3v) is 7.66. The Morgan fingerprint density at radius 3 is 2.50 bits per heavy atom. The lowest BCUT2D eigenvalue weighted by atomic mass is 9.82. The van der Waals surface area contributed by atoms with Crippen LogP contribution in [-0.2, 0) is 11.5 Å². The fraction of sp³-hybridized carbons (Fsp3) is 0.478. The first kappa shape index (κ1) is 21.3. The molecule has 3 aromatic rings. The van der Waals surface area contributed by atoms with Gasteiger partial charge in [0.25, 0.3) is 0 Å². The fourth-order valence-electron chi connectivity index (χ4n) is 3.54. The number of benzene rings is 1. The van der Waals surface area contributed by atoms with Crippen LogP contribution in [0.2, 0.25) is 30.7 Å². The highest BCUT2D eigenvalue weighted by Crippen LogP contribution is 2.37. The maximum atomic E-state index is 6.63. The second kappa shape index (κ2) is 8.33. The van der Waals surface area contributed by atoms with Gasteiger partial charge >= 0.3 is 6.01 Å². The smallest absolute Gasteiger partial charge is 0.301 e. The van der Waals surface area contributed by atoms with Crippen LogP contribution < -0.4 is 4.74 Å².